The van der Waals surface area contributed by atoms with Crippen LogP contribution in [-0.4, -0.2) is 45.2 Å². The van der Waals surface area contributed by atoms with Crippen LogP contribution in [0.15, 0.2) is 12.2 Å². The zero-order valence-electron chi connectivity index (χ0n) is 8.38. The standard InChI is InChI=1S/C10H13NO4/c1-10(15,9(13)14)5-11-7-3-2-6(4-7)8(11)12/h2-3,6-7,15H,4-5H2,1H3,(H,13,14). The molecule has 5 nitrogen and oxygen atoms in total. The van der Waals surface area contributed by atoms with Gasteiger partial charge in [0, 0.05) is 0 Å². The van der Waals surface area contributed by atoms with Gasteiger partial charge in [0.05, 0.1) is 18.5 Å². The lowest BCUT2D eigenvalue weighted by atomic mass is 10.1. The highest BCUT2D eigenvalue weighted by atomic mass is 16.4. The molecule has 1 heterocycles. The Balaban J connectivity index is 2.11. The molecule has 1 saturated heterocycles. The fourth-order valence-corrected chi connectivity index (χ4v) is 2.06. The quantitative estimate of drug-likeness (QED) is 0.623. The molecule has 15 heavy (non-hydrogen) atoms. The first-order valence-corrected chi connectivity index (χ1v) is 4.86. The number of carboxylic acid groups (broad SMARTS) is 1. The van der Waals surface area contributed by atoms with Crippen molar-refractivity contribution in [3.05, 3.63) is 12.2 Å². The molecule has 82 valence electrons. The van der Waals surface area contributed by atoms with E-state index < -0.39 is 11.6 Å². The van der Waals surface area contributed by atoms with Gasteiger partial charge in [0.2, 0.25) is 5.91 Å². The fraction of sp³-hybridized carbons (Fsp3) is 0.600. The largest absolute Gasteiger partial charge is 0.479 e. The highest BCUT2D eigenvalue weighted by Crippen LogP contribution is 2.33. The van der Waals surface area contributed by atoms with Crippen LogP contribution in [0.1, 0.15) is 13.3 Å². The zero-order chi connectivity index (χ0) is 11.2. The second kappa shape index (κ2) is 3.06. The van der Waals surface area contributed by atoms with E-state index in [4.69, 9.17) is 5.11 Å². The van der Waals surface area contributed by atoms with Gasteiger partial charge in [-0.2, -0.15) is 0 Å². The molecule has 0 aromatic carbocycles. The van der Waals surface area contributed by atoms with Crippen LogP contribution in [-0.2, 0) is 9.59 Å². The van der Waals surface area contributed by atoms with Crippen LogP contribution in [0.3, 0.4) is 0 Å². The van der Waals surface area contributed by atoms with E-state index in [1.165, 1.54) is 11.8 Å². The van der Waals surface area contributed by atoms with Gasteiger partial charge in [-0.3, -0.25) is 4.79 Å². The highest BCUT2D eigenvalue weighted by molar-refractivity contribution is 5.86. The number of carbonyl (C=O) groups excluding carboxylic acids is 1. The van der Waals surface area contributed by atoms with Gasteiger partial charge in [-0.15, -0.1) is 0 Å². The van der Waals surface area contributed by atoms with Crippen molar-refractivity contribution in [3.63, 3.8) is 0 Å². The number of hydrogen-bond donors (Lipinski definition) is 2. The van der Waals surface area contributed by atoms with Crippen LogP contribution < -0.4 is 0 Å². The third kappa shape index (κ3) is 1.52. The van der Waals surface area contributed by atoms with Gasteiger partial charge in [0.1, 0.15) is 0 Å². The van der Waals surface area contributed by atoms with E-state index in [0.717, 1.165) is 0 Å². The van der Waals surface area contributed by atoms with E-state index >= 15 is 0 Å². The van der Waals surface area contributed by atoms with Gasteiger partial charge in [-0.05, 0) is 13.3 Å². The number of nitrogens with zero attached hydrogens (tertiary/aromatic N) is 1. The molecule has 2 N–H and O–H groups in total. The number of hydrogen-bond acceptors (Lipinski definition) is 3. The van der Waals surface area contributed by atoms with Crippen molar-refractivity contribution in [2.24, 2.45) is 5.92 Å². The van der Waals surface area contributed by atoms with Gasteiger partial charge in [-0.1, -0.05) is 12.2 Å². The van der Waals surface area contributed by atoms with Crippen molar-refractivity contribution in [1.29, 1.82) is 0 Å². The van der Waals surface area contributed by atoms with E-state index in [1.807, 2.05) is 12.2 Å². The maximum absolute atomic E-state index is 11.6. The van der Waals surface area contributed by atoms with Crippen molar-refractivity contribution in [3.8, 4) is 0 Å². The molecule has 0 saturated carbocycles. The normalized spacial score (nSPS) is 32.1. The summed E-state index contributed by atoms with van der Waals surface area (Å²) in [6, 6.07) is -0.0340. The lowest BCUT2D eigenvalue weighted by molar-refractivity contribution is -0.160. The van der Waals surface area contributed by atoms with Crippen molar-refractivity contribution >= 4 is 11.9 Å². The number of rotatable bonds is 3. The topological polar surface area (TPSA) is 77.8 Å². The minimum absolute atomic E-state index is 0.0340. The summed E-state index contributed by atoms with van der Waals surface area (Å²) in [5.41, 5.74) is -1.87. The molecule has 1 aliphatic carbocycles. The minimum Gasteiger partial charge on any atom is -0.479 e. The maximum Gasteiger partial charge on any atom is 0.337 e. The summed E-state index contributed by atoms with van der Waals surface area (Å²) >= 11 is 0. The molecular formula is C10H13NO4. The van der Waals surface area contributed by atoms with Crippen LogP contribution >= 0.6 is 0 Å². The Labute approximate surface area is 87.0 Å². The zero-order valence-corrected chi connectivity index (χ0v) is 8.38. The SMILES string of the molecule is CC(O)(CN1C(=O)C2C=CC1C2)C(=O)O. The van der Waals surface area contributed by atoms with E-state index in [1.54, 1.807) is 0 Å². The van der Waals surface area contributed by atoms with Gasteiger partial charge in [-0.25, -0.2) is 4.79 Å². The third-order valence-electron chi connectivity index (χ3n) is 3.00. The summed E-state index contributed by atoms with van der Waals surface area (Å²) in [4.78, 5) is 23.8. The number of likely N-dealkylation sites (tertiary alicyclic amines) is 1. The van der Waals surface area contributed by atoms with Crippen molar-refractivity contribution < 1.29 is 19.8 Å². The van der Waals surface area contributed by atoms with Gasteiger partial charge in [0.15, 0.2) is 5.60 Å². The minimum atomic E-state index is -1.87. The highest BCUT2D eigenvalue weighted by Gasteiger charge is 2.45. The first kappa shape index (κ1) is 10.2. The third-order valence-corrected chi connectivity index (χ3v) is 3.00. The van der Waals surface area contributed by atoms with Crippen LogP contribution in [0, 0.1) is 5.92 Å². The summed E-state index contributed by atoms with van der Waals surface area (Å²) in [6.07, 6.45) is 4.46. The first-order chi connectivity index (χ1) is 6.92. The molecule has 3 unspecified atom stereocenters. The maximum atomic E-state index is 11.6. The van der Waals surface area contributed by atoms with Gasteiger partial charge >= 0.3 is 5.97 Å². The van der Waals surface area contributed by atoms with Crippen molar-refractivity contribution in [2.75, 3.05) is 6.54 Å². The molecule has 3 atom stereocenters. The summed E-state index contributed by atoms with van der Waals surface area (Å²) in [5.74, 6) is -1.49. The predicted molar refractivity (Wildman–Crippen MR) is 51.0 cm³/mol. The average Bonchev–Trinajstić information content (AvgIpc) is 2.69. The summed E-state index contributed by atoms with van der Waals surface area (Å²) in [5, 5.41) is 18.3. The monoisotopic (exact) mass is 211 g/mol. The van der Waals surface area contributed by atoms with E-state index in [9.17, 15) is 14.7 Å². The fourth-order valence-electron chi connectivity index (χ4n) is 2.06. The number of aliphatic hydroxyl groups is 1. The molecule has 1 amide bonds. The first-order valence-electron chi connectivity index (χ1n) is 4.86. The van der Waals surface area contributed by atoms with E-state index in [0.29, 0.717) is 6.42 Å². The molecule has 2 rings (SSSR count). The number of fused-ring (bicyclic) bond motifs is 2. The van der Waals surface area contributed by atoms with Crippen LogP contribution in [0.5, 0.6) is 0 Å². The number of carbonyl (C=O) groups is 2. The molecule has 0 spiro atoms. The molecule has 0 aromatic rings. The number of carboxylic acids is 1. The van der Waals surface area contributed by atoms with Crippen molar-refractivity contribution in [2.45, 2.75) is 25.0 Å². The Morgan fingerprint density at radius 1 is 1.67 bits per heavy atom. The lowest BCUT2D eigenvalue weighted by Gasteiger charge is -2.30. The Hall–Kier alpha value is -1.36. The Morgan fingerprint density at radius 3 is 2.80 bits per heavy atom. The molecule has 0 radical (unpaired) electrons. The molecule has 1 aliphatic heterocycles. The average molecular weight is 211 g/mol. The number of β-amino-alcohol motifs (C(OH)–C–C–N with tert-alkyl or cyclic N) is 1. The predicted octanol–water partition coefficient (Wildman–Crippen LogP) is -0.391. The molecule has 1 fully saturated rings. The number of aliphatic carboxylic acids is 1. The van der Waals surface area contributed by atoms with Crippen molar-refractivity contribution in [1.82, 2.24) is 4.90 Å². The molecule has 5 heteroatoms. The van der Waals surface area contributed by atoms with Crippen LogP contribution in [0.4, 0.5) is 0 Å². The lowest BCUT2D eigenvalue weighted by Crippen LogP contribution is -2.50. The Kier molecular flexibility index (Phi) is 2.08. The summed E-state index contributed by atoms with van der Waals surface area (Å²) in [6.45, 7) is 1.06. The molecule has 2 aliphatic rings. The second-order valence-corrected chi connectivity index (χ2v) is 4.34. The molecular weight excluding hydrogens is 198 g/mol. The Morgan fingerprint density at radius 2 is 2.33 bits per heavy atom. The molecule has 0 aromatic heterocycles. The van der Waals surface area contributed by atoms with E-state index in [2.05, 4.69) is 0 Å². The summed E-state index contributed by atoms with van der Waals surface area (Å²) < 4.78 is 0. The smallest absolute Gasteiger partial charge is 0.337 e. The van der Waals surface area contributed by atoms with Gasteiger partial charge in [0.25, 0.3) is 0 Å². The van der Waals surface area contributed by atoms with E-state index in [-0.39, 0.29) is 24.4 Å². The van der Waals surface area contributed by atoms with Crippen LogP contribution in [0.25, 0.3) is 0 Å². The second-order valence-electron chi connectivity index (χ2n) is 4.34. The Bertz CT molecular complexity index is 347. The summed E-state index contributed by atoms with van der Waals surface area (Å²) in [7, 11) is 0. The number of amides is 1. The van der Waals surface area contributed by atoms with Crippen LogP contribution in [0.2, 0.25) is 0 Å². The molecule has 2 bridgehead atoms. The van der Waals surface area contributed by atoms with Gasteiger partial charge < -0.3 is 15.1 Å².